The lowest BCUT2D eigenvalue weighted by Gasteiger charge is -2.17. The maximum atomic E-state index is 12.5. The van der Waals surface area contributed by atoms with Gasteiger partial charge in [0.15, 0.2) is 0 Å². The minimum atomic E-state index is -3.49. The molecule has 1 fully saturated rings. The summed E-state index contributed by atoms with van der Waals surface area (Å²) in [4.78, 5) is 0.318. The molecular weight excluding hydrogens is 342 g/mol. The van der Waals surface area contributed by atoms with Gasteiger partial charge in [0.2, 0.25) is 10.0 Å². The zero-order chi connectivity index (χ0) is 17.4. The summed E-state index contributed by atoms with van der Waals surface area (Å²) in [6.45, 7) is 4.60. The van der Waals surface area contributed by atoms with E-state index >= 15 is 0 Å². The summed E-state index contributed by atoms with van der Waals surface area (Å²) >= 11 is 5.94. The molecule has 128 valence electrons. The molecule has 2 aromatic rings. The molecule has 0 atom stereocenters. The van der Waals surface area contributed by atoms with Crippen molar-refractivity contribution >= 4 is 21.6 Å². The summed E-state index contributed by atoms with van der Waals surface area (Å²) in [5, 5.41) is 0.695. The lowest BCUT2D eigenvalue weighted by Crippen LogP contribution is -2.32. The van der Waals surface area contributed by atoms with Gasteiger partial charge < -0.3 is 0 Å². The predicted molar refractivity (Wildman–Crippen MR) is 98.1 cm³/mol. The molecule has 0 saturated heterocycles. The highest BCUT2D eigenvalue weighted by Gasteiger charge is 2.44. The maximum absolute atomic E-state index is 12.5. The topological polar surface area (TPSA) is 46.2 Å². The molecule has 3 rings (SSSR count). The van der Waals surface area contributed by atoms with Crippen LogP contribution in [0.25, 0.3) is 0 Å². The third-order valence-electron chi connectivity index (χ3n) is 4.77. The molecule has 0 heterocycles. The highest BCUT2D eigenvalue weighted by atomic mass is 35.5. The van der Waals surface area contributed by atoms with Gasteiger partial charge in [-0.15, -0.1) is 0 Å². The minimum Gasteiger partial charge on any atom is -0.210 e. The van der Waals surface area contributed by atoms with Crippen LogP contribution in [-0.4, -0.2) is 15.0 Å². The van der Waals surface area contributed by atoms with Gasteiger partial charge in [0, 0.05) is 17.0 Å². The van der Waals surface area contributed by atoms with E-state index in [9.17, 15) is 8.42 Å². The molecular formula is C19H22ClNO2S. The first-order chi connectivity index (χ1) is 11.3. The molecule has 1 aliphatic carbocycles. The number of nitrogens with one attached hydrogen (secondary N) is 1. The van der Waals surface area contributed by atoms with Crippen molar-refractivity contribution in [1.82, 2.24) is 4.72 Å². The average molecular weight is 364 g/mol. The van der Waals surface area contributed by atoms with Crippen LogP contribution >= 0.6 is 11.6 Å². The Morgan fingerprint density at radius 3 is 2.12 bits per heavy atom. The van der Waals surface area contributed by atoms with E-state index in [-0.39, 0.29) is 5.41 Å². The first kappa shape index (κ1) is 17.5. The van der Waals surface area contributed by atoms with Crippen LogP contribution in [0, 0.1) is 0 Å². The van der Waals surface area contributed by atoms with Crippen LogP contribution < -0.4 is 4.72 Å². The third kappa shape index (κ3) is 3.66. The second kappa shape index (κ2) is 6.51. The Morgan fingerprint density at radius 2 is 1.62 bits per heavy atom. The molecule has 0 aromatic heterocycles. The average Bonchev–Trinajstić information content (AvgIpc) is 3.35. The molecule has 1 saturated carbocycles. The zero-order valence-corrected chi connectivity index (χ0v) is 15.5. The van der Waals surface area contributed by atoms with Crippen LogP contribution in [-0.2, 0) is 15.4 Å². The van der Waals surface area contributed by atoms with Gasteiger partial charge in [0.25, 0.3) is 0 Å². The van der Waals surface area contributed by atoms with Gasteiger partial charge in [-0.2, -0.15) is 0 Å². The van der Waals surface area contributed by atoms with Crippen molar-refractivity contribution in [2.24, 2.45) is 0 Å². The number of hydrogen-bond acceptors (Lipinski definition) is 2. The van der Waals surface area contributed by atoms with Crippen LogP contribution in [0.3, 0.4) is 0 Å². The summed E-state index contributed by atoms with van der Waals surface area (Å²) in [5.74, 6) is 0.384. The van der Waals surface area contributed by atoms with Crippen molar-refractivity contribution in [3.63, 3.8) is 0 Å². The normalized spacial score (nSPS) is 16.3. The van der Waals surface area contributed by atoms with Gasteiger partial charge in [-0.05, 0) is 54.2 Å². The quantitative estimate of drug-likeness (QED) is 0.822. The number of hydrogen-bond donors (Lipinski definition) is 1. The van der Waals surface area contributed by atoms with Crippen molar-refractivity contribution in [3.8, 4) is 0 Å². The molecule has 1 aliphatic rings. The van der Waals surface area contributed by atoms with Crippen molar-refractivity contribution in [1.29, 1.82) is 0 Å². The van der Waals surface area contributed by atoms with Crippen LogP contribution in [0.15, 0.2) is 53.4 Å². The van der Waals surface area contributed by atoms with Crippen LogP contribution in [0.4, 0.5) is 0 Å². The summed E-state index contributed by atoms with van der Waals surface area (Å²) in [6, 6.07) is 14.8. The van der Waals surface area contributed by atoms with E-state index in [0.717, 1.165) is 24.0 Å². The molecule has 0 amide bonds. The van der Waals surface area contributed by atoms with Crippen LogP contribution in [0.2, 0.25) is 5.02 Å². The molecule has 24 heavy (non-hydrogen) atoms. The van der Waals surface area contributed by atoms with Crippen LogP contribution in [0.5, 0.6) is 0 Å². The molecule has 2 aromatic carbocycles. The number of halogens is 1. The third-order valence-corrected chi connectivity index (χ3v) is 6.44. The highest BCUT2D eigenvalue weighted by molar-refractivity contribution is 7.89. The van der Waals surface area contributed by atoms with E-state index in [1.165, 1.54) is 0 Å². The first-order valence-corrected chi connectivity index (χ1v) is 10.0. The molecule has 5 heteroatoms. The molecule has 0 radical (unpaired) electrons. The molecule has 3 nitrogen and oxygen atoms in total. The smallest absolute Gasteiger partial charge is 0.210 e. The summed E-state index contributed by atoms with van der Waals surface area (Å²) in [7, 11) is -3.49. The van der Waals surface area contributed by atoms with E-state index in [0.29, 0.717) is 22.4 Å². The summed E-state index contributed by atoms with van der Waals surface area (Å²) < 4.78 is 27.9. The fraction of sp³-hybridized carbons (Fsp3) is 0.368. The van der Waals surface area contributed by atoms with Gasteiger partial charge >= 0.3 is 0 Å². The largest absolute Gasteiger partial charge is 0.240 e. The van der Waals surface area contributed by atoms with Crippen LogP contribution in [0.1, 0.15) is 43.7 Å². The zero-order valence-electron chi connectivity index (χ0n) is 13.9. The molecule has 0 aliphatic heterocycles. The highest BCUT2D eigenvalue weighted by Crippen LogP contribution is 2.48. The van der Waals surface area contributed by atoms with E-state index in [4.69, 9.17) is 11.6 Å². The number of sulfonamides is 1. The van der Waals surface area contributed by atoms with Gasteiger partial charge in [-0.1, -0.05) is 49.7 Å². The van der Waals surface area contributed by atoms with Gasteiger partial charge in [-0.3, -0.25) is 0 Å². The summed E-state index contributed by atoms with van der Waals surface area (Å²) in [6.07, 6.45) is 1.98. The van der Waals surface area contributed by atoms with Crippen molar-refractivity contribution < 1.29 is 8.42 Å². The maximum Gasteiger partial charge on any atom is 0.240 e. The lowest BCUT2D eigenvalue weighted by atomic mass is 9.96. The second-order valence-corrected chi connectivity index (χ2v) is 9.04. The Bertz CT molecular complexity index is 807. The van der Waals surface area contributed by atoms with Crippen molar-refractivity contribution in [2.45, 2.75) is 42.9 Å². The lowest BCUT2D eigenvalue weighted by molar-refractivity contribution is 0.567. The Hall–Kier alpha value is -1.36. The van der Waals surface area contributed by atoms with E-state index < -0.39 is 10.0 Å². The van der Waals surface area contributed by atoms with Gasteiger partial charge in [0.1, 0.15) is 0 Å². The molecule has 0 bridgehead atoms. The Kier molecular flexibility index (Phi) is 4.73. The van der Waals surface area contributed by atoms with E-state index in [1.807, 2.05) is 36.4 Å². The summed E-state index contributed by atoms with van der Waals surface area (Å²) in [5.41, 5.74) is 2.19. The Balaban J connectivity index is 1.72. The molecule has 0 spiro atoms. The predicted octanol–water partition coefficient (Wildman–Crippen LogP) is 4.47. The fourth-order valence-electron chi connectivity index (χ4n) is 2.87. The minimum absolute atomic E-state index is 0.0878. The standard InChI is InChI=1S/C19H22ClNO2S/c1-14(2)15-3-9-18(10-4-15)24(22,23)21-13-19(11-12-19)16-5-7-17(20)8-6-16/h3-10,14,21H,11-13H2,1-2H3. The molecule has 1 N–H and O–H groups in total. The van der Waals surface area contributed by atoms with E-state index in [1.54, 1.807) is 12.1 Å². The van der Waals surface area contributed by atoms with Crippen molar-refractivity contribution in [3.05, 3.63) is 64.7 Å². The molecule has 0 unspecified atom stereocenters. The monoisotopic (exact) mass is 363 g/mol. The number of rotatable bonds is 6. The Morgan fingerprint density at radius 1 is 1.04 bits per heavy atom. The number of benzene rings is 2. The first-order valence-electron chi connectivity index (χ1n) is 8.18. The van der Waals surface area contributed by atoms with E-state index in [2.05, 4.69) is 18.6 Å². The van der Waals surface area contributed by atoms with Gasteiger partial charge in [-0.25, -0.2) is 13.1 Å². The fourth-order valence-corrected chi connectivity index (χ4v) is 4.12. The second-order valence-electron chi connectivity index (χ2n) is 6.84. The van der Waals surface area contributed by atoms with Crippen molar-refractivity contribution in [2.75, 3.05) is 6.54 Å². The SMILES string of the molecule is CC(C)c1ccc(S(=O)(=O)NCC2(c3ccc(Cl)cc3)CC2)cc1. The Labute approximate surface area is 149 Å². The van der Waals surface area contributed by atoms with Gasteiger partial charge in [0.05, 0.1) is 4.90 Å².